The Kier molecular flexibility index (Phi) is 6.32. The molecule has 2 aromatic carbocycles. The summed E-state index contributed by atoms with van der Waals surface area (Å²) in [7, 11) is 1.54. The van der Waals surface area contributed by atoms with E-state index in [-0.39, 0.29) is 30.2 Å². The summed E-state index contributed by atoms with van der Waals surface area (Å²) in [5.74, 6) is -1.60. The Morgan fingerprint density at radius 3 is 2.41 bits per heavy atom. The van der Waals surface area contributed by atoms with Crippen LogP contribution in [0, 0.1) is 0 Å². The average Bonchev–Trinajstić information content (AvgIpc) is 3.36. The van der Waals surface area contributed by atoms with Crippen molar-refractivity contribution in [2.45, 2.75) is 26.3 Å². The number of hydrogen-bond donors (Lipinski definition) is 1. The van der Waals surface area contributed by atoms with Crippen LogP contribution in [-0.2, 0) is 19.1 Å². The maximum Gasteiger partial charge on any atom is 0.336 e. The molecule has 1 N–H and O–H groups in total. The first-order chi connectivity index (χ1) is 16.4. The maximum absolute atomic E-state index is 13.2. The number of ketones is 1. The summed E-state index contributed by atoms with van der Waals surface area (Å²) in [5.41, 5.74) is 1.70. The van der Waals surface area contributed by atoms with Gasteiger partial charge in [-0.1, -0.05) is 42.5 Å². The van der Waals surface area contributed by atoms with Gasteiger partial charge in [0, 0.05) is 12.0 Å². The molecule has 1 amide bonds. The van der Waals surface area contributed by atoms with Gasteiger partial charge in [0.15, 0.2) is 0 Å². The number of allylic oxidation sites excluding steroid dienone is 1. The molecule has 1 atom stereocenters. The van der Waals surface area contributed by atoms with Crippen molar-refractivity contribution in [2.75, 3.05) is 13.7 Å². The van der Waals surface area contributed by atoms with E-state index in [9.17, 15) is 19.5 Å². The number of esters is 1. The van der Waals surface area contributed by atoms with E-state index in [1.807, 2.05) is 0 Å². The van der Waals surface area contributed by atoms with E-state index in [1.165, 1.54) is 12.0 Å². The van der Waals surface area contributed by atoms with E-state index in [0.717, 1.165) is 0 Å². The van der Waals surface area contributed by atoms with E-state index in [4.69, 9.17) is 9.47 Å². The molecule has 0 aliphatic carbocycles. The fourth-order valence-electron chi connectivity index (χ4n) is 4.12. The van der Waals surface area contributed by atoms with Crippen LogP contribution in [0.25, 0.3) is 5.76 Å². The molecule has 2 aromatic rings. The SMILES string of the molecule is CCOC(=O)C1=C(C)N=C(N2C(=O)C(=O)C(=C(O)c3ccccc3)C2c2ccc(OC)cc2)C1. The molecule has 2 aliphatic rings. The number of likely N-dealkylation sites (tertiary alicyclic amines) is 1. The number of benzene rings is 2. The van der Waals surface area contributed by atoms with Crippen LogP contribution in [0.4, 0.5) is 0 Å². The number of rotatable bonds is 5. The molecule has 1 fully saturated rings. The number of aliphatic imine (C=N–C) groups is 1. The minimum Gasteiger partial charge on any atom is -0.507 e. The highest BCUT2D eigenvalue weighted by molar-refractivity contribution is 6.49. The molecule has 0 bridgehead atoms. The zero-order valence-electron chi connectivity index (χ0n) is 19.1. The fraction of sp³-hybridized carbons (Fsp3) is 0.231. The number of Topliss-reactive ketones (excluding diaryl/α,β-unsaturated/α-hetero) is 1. The average molecular weight is 460 g/mol. The number of hydrogen-bond acceptors (Lipinski definition) is 7. The zero-order chi connectivity index (χ0) is 24.4. The third-order valence-corrected chi connectivity index (χ3v) is 5.79. The van der Waals surface area contributed by atoms with Gasteiger partial charge in [0.05, 0.1) is 36.6 Å². The van der Waals surface area contributed by atoms with Gasteiger partial charge in [-0.15, -0.1) is 0 Å². The summed E-state index contributed by atoms with van der Waals surface area (Å²) in [6, 6.07) is 14.5. The van der Waals surface area contributed by atoms with Gasteiger partial charge in [0.2, 0.25) is 0 Å². The third kappa shape index (κ3) is 3.98. The second-order valence-electron chi connectivity index (χ2n) is 7.80. The van der Waals surface area contributed by atoms with Gasteiger partial charge < -0.3 is 14.6 Å². The summed E-state index contributed by atoms with van der Waals surface area (Å²) < 4.78 is 10.3. The number of carbonyl (C=O) groups is 3. The van der Waals surface area contributed by atoms with Crippen molar-refractivity contribution in [1.29, 1.82) is 0 Å². The molecule has 174 valence electrons. The predicted molar refractivity (Wildman–Crippen MR) is 125 cm³/mol. The highest BCUT2D eigenvalue weighted by Gasteiger charge is 2.49. The summed E-state index contributed by atoms with van der Waals surface area (Å²) >= 11 is 0. The first kappa shape index (κ1) is 23.0. The first-order valence-electron chi connectivity index (χ1n) is 10.8. The number of aliphatic hydroxyl groups is 1. The molecule has 2 aliphatic heterocycles. The summed E-state index contributed by atoms with van der Waals surface area (Å²) in [6.45, 7) is 3.57. The lowest BCUT2D eigenvalue weighted by molar-refractivity contribution is -0.138. The van der Waals surface area contributed by atoms with Crippen LogP contribution in [-0.4, -0.2) is 47.2 Å². The Bertz CT molecular complexity index is 1240. The largest absolute Gasteiger partial charge is 0.507 e. The van der Waals surface area contributed by atoms with E-state index in [2.05, 4.69) is 4.99 Å². The summed E-state index contributed by atoms with van der Waals surface area (Å²) in [4.78, 5) is 44.5. The Balaban J connectivity index is 1.83. The minimum absolute atomic E-state index is 0.0374. The van der Waals surface area contributed by atoms with Gasteiger partial charge in [0.1, 0.15) is 17.3 Å². The normalized spacial score (nSPS) is 19.4. The van der Waals surface area contributed by atoms with Crippen LogP contribution in [0.1, 0.15) is 37.4 Å². The van der Waals surface area contributed by atoms with E-state index in [1.54, 1.807) is 68.4 Å². The topological polar surface area (TPSA) is 106 Å². The van der Waals surface area contributed by atoms with Crippen molar-refractivity contribution in [2.24, 2.45) is 4.99 Å². The van der Waals surface area contributed by atoms with Gasteiger partial charge in [-0.05, 0) is 31.5 Å². The highest BCUT2D eigenvalue weighted by Crippen LogP contribution is 2.42. The zero-order valence-corrected chi connectivity index (χ0v) is 19.1. The number of ether oxygens (including phenoxy) is 2. The van der Waals surface area contributed by atoms with Gasteiger partial charge in [-0.3, -0.25) is 14.5 Å². The van der Waals surface area contributed by atoms with Crippen molar-refractivity contribution >= 4 is 29.3 Å². The fourth-order valence-corrected chi connectivity index (χ4v) is 4.12. The molecule has 34 heavy (non-hydrogen) atoms. The number of aliphatic hydroxyl groups excluding tert-OH is 1. The van der Waals surface area contributed by atoms with Gasteiger partial charge >= 0.3 is 11.9 Å². The molecule has 0 radical (unpaired) electrons. The third-order valence-electron chi connectivity index (χ3n) is 5.79. The van der Waals surface area contributed by atoms with E-state index < -0.39 is 23.7 Å². The van der Waals surface area contributed by atoms with Crippen LogP contribution in [0.2, 0.25) is 0 Å². The molecule has 1 saturated heterocycles. The molecular weight excluding hydrogens is 436 g/mol. The van der Waals surface area contributed by atoms with Crippen LogP contribution >= 0.6 is 0 Å². The molecule has 8 heteroatoms. The molecule has 0 aromatic heterocycles. The second kappa shape index (κ2) is 9.35. The Morgan fingerprint density at radius 2 is 1.79 bits per heavy atom. The number of methoxy groups -OCH3 is 1. The number of nitrogens with zero attached hydrogens (tertiary/aromatic N) is 2. The van der Waals surface area contributed by atoms with Crippen molar-refractivity contribution in [1.82, 2.24) is 4.90 Å². The van der Waals surface area contributed by atoms with Crippen LogP contribution in [0.15, 0.2) is 76.4 Å². The monoisotopic (exact) mass is 460 g/mol. The number of amidine groups is 1. The molecule has 8 nitrogen and oxygen atoms in total. The van der Waals surface area contributed by atoms with Gasteiger partial charge in [0.25, 0.3) is 5.78 Å². The lowest BCUT2D eigenvalue weighted by Crippen LogP contribution is -2.35. The summed E-state index contributed by atoms with van der Waals surface area (Å²) in [6.07, 6.45) is 0.0374. The maximum atomic E-state index is 13.2. The second-order valence-corrected chi connectivity index (χ2v) is 7.80. The van der Waals surface area contributed by atoms with Crippen molar-refractivity contribution in [3.8, 4) is 5.75 Å². The molecular formula is C26H24N2O6. The minimum atomic E-state index is -0.931. The van der Waals surface area contributed by atoms with Crippen molar-refractivity contribution < 1.29 is 29.0 Å². The molecule has 0 spiro atoms. The Labute approximate surface area is 196 Å². The lowest BCUT2D eigenvalue weighted by Gasteiger charge is -2.25. The smallest absolute Gasteiger partial charge is 0.336 e. The van der Waals surface area contributed by atoms with Crippen LogP contribution < -0.4 is 4.74 Å². The highest BCUT2D eigenvalue weighted by atomic mass is 16.5. The Morgan fingerprint density at radius 1 is 1.12 bits per heavy atom. The molecule has 0 saturated carbocycles. The molecule has 2 heterocycles. The number of carbonyl (C=O) groups excluding carboxylic acids is 3. The summed E-state index contributed by atoms with van der Waals surface area (Å²) in [5, 5.41) is 11.1. The predicted octanol–water partition coefficient (Wildman–Crippen LogP) is 3.76. The lowest BCUT2D eigenvalue weighted by atomic mass is 9.95. The standard InChI is InChI=1S/C26H24N2O6/c1-4-34-26(32)19-14-20(27-15(19)2)28-22(16-10-12-18(33-3)13-11-16)21(24(30)25(28)31)23(29)17-8-6-5-7-9-17/h5-13,22,29H,4,14H2,1-3H3. The van der Waals surface area contributed by atoms with Crippen LogP contribution in [0.5, 0.6) is 5.75 Å². The van der Waals surface area contributed by atoms with E-state index >= 15 is 0 Å². The first-order valence-corrected chi connectivity index (χ1v) is 10.8. The number of amides is 1. The quantitative estimate of drug-likeness (QED) is 0.315. The van der Waals surface area contributed by atoms with Crippen molar-refractivity contribution in [3.05, 3.63) is 82.6 Å². The molecule has 4 rings (SSSR count). The van der Waals surface area contributed by atoms with E-state index in [0.29, 0.717) is 28.1 Å². The van der Waals surface area contributed by atoms with Crippen LogP contribution in [0.3, 0.4) is 0 Å². The van der Waals surface area contributed by atoms with Gasteiger partial charge in [-0.2, -0.15) is 0 Å². The molecule has 1 unspecified atom stereocenters. The van der Waals surface area contributed by atoms with Gasteiger partial charge in [-0.25, -0.2) is 9.79 Å². The Hall–Kier alpha value is -4.20. The van der Waals surface area contributed by atoms with Crippen molar-refractivity contribution in [3.63, 3.8) is 0 Å².